The minimum Gasteiger partial charge on any atom is -0.245 e. The van der Waals surface area contributed by atoms with Crippen LogP contribution in [0.2, 0.25) is 0 Å². The number of piperidine rings is 1. The van der Waals surface area contributed by atoms with Crippen LogP contribution < -0.4 is 5.84 Å². The Morgan fingerprint density at radius 3 is 2.40 bits per heavy atom. The van der Waals surface area contributed by atoms with Gasteiger partial charge in [0.05, 0.1) is 7.05 Å². The molecule has 3 rings (SSSR count). The molecule has 1 saturated heterocycles. The van der Waals surface area contributed by atoms with Crippen LogP contribution in [0.5, 0.6) is 0 Å². The summed E-state index contributed by atoms with van der Waals surface area (Å²) in [6.45, 7) is 1.14. The third-order valence-corrected chi connectivity index (χ3v) is 2.82. The Bertz CT molecular complexity index is 172. The average Bonchev–Trinajstić information content (AvgIpc) is 1.87. The van der Waals surface area contributed by atoms with Crippen LogP contribution in [-0.4, -0.2) is 24.2 Å². The molecule has 0 aromatic heterocycles. The van der Waals surface area contributed by atoms with Crippen molar-refractivity contribution in [2.45, 2.75) is 18.9 Å². The molecule has 3 atom stereocenters. The van der Waals surface area contributed by atoms with Gasteiger partial charge < -0.3 is 0 Å². The molecule has 2 aliphatic heterocycles. The molecule has 56 valence electrons. The minimum absolute atomic E-state index is 0.602. The standard InChI is InChI=1S/C8H15N2/c1-10(9)6-7-2-4-8(10)5-3-7/h2,4,7-8H,3,5-6,9H2,1H3/q+1. The van der Waals surface area contributed by atoms with Crippen molar-refractivity contribution in [3.8, 4) is 0 Å². The van der Waals surface area contributed by atoms with E-state index in [0.29, 0.717) is 6.04 Å². The first-order chi connectivity index (χ1) is 4.68. The molecule has 1 aliphatic carbocycles. The van der Waals surface area contributed by atoms with Crippen LogP contribution in [-0.2, 0) is 0 Å². The van der Waals surface area contributed by atoms with Gasteiger partial charge in [-0.25, -0.2) is 4.59 Å². The molecule has 0 amide bonds. The Balaban J connectivity index is 2.27. The smallest absolute Gasteiger partial charge is 0.125 e. The Morgan fingerprint density at radius 2 is 2.20 bits per heavy atom. The van der Waals surface area contributed by atoms with Crippen molar-refractivity contribution < 1.29 is 4.59 Å². The lowest BCUT2D eigenvalue weighted by molar-refractivity contribution is -0.947. The highest BCUT2D eigenvalue weighted by Gasteiger charge is 2.38. The highest BCUT2D eigenvalue weighted by Crippen LogP contribution is 2.30. The van der Waals surface area contributed by atoms with Crippen LogP contribution in [0.15, 0.2) is 12.2 Å². The second kappa shape index (κ2) is 1.83. The van der Waals surface area contributed by atoms with E-state index in [0.717, 1.165) is 17.1 Å². The summed E-state index contributed by atoms with van der Waals surface area (Å²) in [6, 6.07) is 0.602. The van der Waals surface area contributed by atoms with Gasteiger partial charge in [-0.3, -0.25) is 0 Å². The molecule has 2 heteroatoms. The molecule has 2 bridgehead atoms. The van der Waals surface area contributed by atoms with Crippen LogP contribution in [0, 0.1) is 5.92 Å². The van der Waals surface area contributed by atoms with Gasteiger partial charge in [0.25, 0.3) is 0 Å². The maximum atomic E-state index is 6.05. The maximum Gasteiger partial charge on any atom is 0.125 e. The molecule has 10 heavy (non-hydrogen) atoms. The van der Waals surface area contributed by atoms with E-state index in [2.05, 4.69) is 19.2 Å². The predicted octanol–water partition coefficient (Wildman–Crippen LogP) is 0.655. The number of quaternary nitrogens is 1. The van der Waals surface area contributed by atoms with E-state index in [-0.39, 0.29) is 0 Å². The lowest BCUT2D eigenvalue weighted by Gasteiger charge is -2.44. The van der Waals surface area contributed by atoms with Crippen LogP contribution in [0.25, 0.3) is 0 Å². The Morgan fingerprint density at radius 1 is 1.40 bits per heavy atom. The van der Waals surface area contributed by atoms with Gasteiger partial charge in [0, 0.05) is 12.3 Å². The molecule has 0 aromatic rings. The fourth-order valence-corrected chi connectivity index (χ4v) is 2.15. The molecule has 0 saturated carbocycles. The molecule has 2 heterocycles. The van der Waals surface area contributed by atoms with E-state index in [1.807, 2.05) is 0 Å². The number of fused-ring (bicyclic) bond motifs is 2. The first-order valence-corrected chi connectivity index (χ1v) is 4.00. The van der Waals surface area contributed by atoms with Crippen molar-refractivity contribution in [3.63, 3.8) is 0 Å². The molecule has 3 unspecified atom stereocenters. The zero-order chi connectivity index (χ0) is 7.19. The van der Waals surface area contributed by atoms with E-state index in [4.69, 9.17) is 5.84 Å². The average molecular weight is 139 g/mol. The molecule has 2 nitrogen and oxygen atoms in total. The van der Waals surface area contributed by atoms with Gasteiger partial charge in [-0.1, -0.05) is 6.08 Å². The molecular formula is C8H15N2+. The van der Waals surface area contributed by atoms with Gasteiger partial charge in [-0.05, 0) is 12.5 Å². The van der Waals surface area contributed by atoms with E-state index in [1.165, 1.54) is 12.8 Å². The molecule has 3 aliphatic rings. The zero-order valence-corrected chi connectivity index (χ0v) is 6.46. The second-order valence-corrected chi connectivity index (χ2v) is 3.82. The predicted molar refractivity (Wildman–Crippen MR) is 40.9 cm³/mol. The highest BCUT2D eigenvalue weighted by atomic mass is 15.6. The van der Waals surface area contributed by atoms with Crippen molar-refractivity contribution in [1.82, 2.24) is 0 Å². The summed E-state index contributed by atoms with van der Waals surface area (Å²) in [5.41, 5.74) is 0. The fraction of sp³-hybridized carbons (Fsp3) is 0.750. The van der Waals surface area contributed by atoms with Crippen molar-refractivity contribution in [2.24, 2.45) is 11.8 Å². The van der Waals surface area contributed by atoms with Gasteiger partial charge in [-0.15, -0.1) is 0 Å². The van der Waals surface area contributed by atoms with Gasteiger partial charge in [-0.2, -0.15) is 5.84 Å². The highest BCUT2D eigenvalue weighted by molar-refractivity contribution is 5.02. The van der Waals surface area contributed by atoms with Gasteiger partial charge in [0.1, 0.15) is 12.6 Å². The number of rotatable bonds is 0. The van der Waals surface area contributed by atoms with Crippen molar-refractivity contribution in [1.29, 1.82) is 0 Å². The SMILES string of the molecule is C[N+]1(N)CC2C=CC1CC2. The number of nitrogens with two attached hydrogens (primary N) is 1. The summed E-state index contributed by atoms with van der Waals surface area (Å²) < 4.78 is 0.723. The van der Waals surface area contributed by atoms with Gasteiger partial charge in [0.2, 0.25) is 0 Å². The topological polar surface area (TPSA) is 26.0 Å². The van der Waals surface area contributed by atoms with Crippen LogP contribution in [0.3, 0.4) is 0 Å². The van der Waals surface area contributed by atoms with Crippen LogP contribution >= 0.6 is 0 Å². The normalized spacial score (nSPS) is 51.8. The van der Waals surface area contributed by atoms with E-state index in [1.54, 1.807) is 0 Å². The first kappa shape index (κ1) is 6.38. The van der Waals surface area contributed by atoms with E-state index in [9.17, 15) is 0 Å². The van der Waals surface area contributed by atoms with Gasteiger partial charge in [0.15, 0.2) is 0 Å². The van der Waals surface area contributed by atoms with Crippen molar-refractivity contribution in [2.75, 3.05) is 13.6 Å². The third-order valence-electron chi connectivity index (χ3n) is 2.82. The maximum absolute atomic E-state index is 6.05. The fourth-order valence-electron chi connectivity index (χ4n) is 2.15. The summed E-state index contributed by atoms with van der Waals surface area (Å²) in [5, 5.41) is 0. The molecule has 2 N–H and O–H groups in total. The monoisotopic (exact) mass is 139 g/mol. The number of nitrogens with zero attached hydrogens (tertiary/aromatic N) is 1. The molecule has 0 aromatic carbocycles. The largest absolute Gasteiger partial charge is 0.245 e. The summed E-state index contributed by atoms with van der Waals surface area (Å²) in [5.74, 6) is 6.81. The minimum atomic E-state index is 0.602. The molecule has 0 spiro atoms. The summed E-state index contributed by atoms with van der Waals surface area (Å²) in [6.07, 6.45) is 7.26. The summed E-state index contributed by atoms with van der Waals surface area (Å²) in [7, 11) is 2.13. The second-order valence-electron chi connectivity index (χ2n) is 3.82. The first-order valence-electron chi connectivity index (χ1n) is 4.00. The van der Waals surface area contributed by atoms with Crippen molar-refractivity contribution in [3.05, 3.63) is 12.2 Å². The van der Waals surface area contributed by atoms with E-state index >= 15 is 0 Å². The lowest BCUT2D eigenvalue weighted by atomic mass is 9.86. The Labute approximate surface area is 61.9 Å². The summed E-state index contributed by atoms with van der Waals surface area (Å²) >= 11 is 0. The van der Waals surface area contributed by atoms with Crippen molar-refractivity contribution >= 4 is 0 Å². The van der Waals surface area contributed by atoms with Crippen LogP contribution in [0.4, 0.5) is 0 Å². The van der Waals surface area contributed by atoms with Crippen LogP contribution in [0.1, 0.15) is 12.8 Å². The Hall–Kier alpha value is -0.340. The quantitative estimate of drug-likeness (QED) is 0.298. The zero-order valence-electron chi connectivity index (χ0n) is 6.46. The number of likely N-dealkylation sites (N-methyl/N-ethyl adjacent to an activating group) is 1. The summed E-state index contributed by atoms with van der Waals surface area (Å²) in [4.78, 5) is 0. The lowest BCUT2D eigenvalue weighted by Crippen LogP contribution is -2.63. The van der Waals surface area contributed by atoms with E-state index < -0.39 is 0 Å². The Kier molecular flexibility index (Phi) is 1.17. The van der Waals surface area contributed by atoms with Gasteiger partial charge >= 0.3 is 0 Å². The number of hydrogen-bond donors (Lipinski definition) is 1. The molecular weight excluding hydrogens is 124 g/mol. The number of hydrogen-bond acceptors (Lipinski definition) is 1. The molecule has 0 radical (unpaired) electrons. The molecule has 1 fully saturated rings. The third kappa shape index (κ3) is 0.796.